The predicted octanol–water partition coefficient (Wildman–Crippen LogP) is 2.11. The molecule has 4 heteroatoms. The van der Waals surface area contributed by atoms with Crippen LogP contribution in [0.1, 0.15) is 25.1 Å². The van der Waals surface area contributed by atoms with Gasteiger partial charge in [0.15, 0.2) is 11.5 Å². The molecule has 0 amide bonds. The molecule has 3 rings (SSSR count). The quantitative estimate of drug-likeness (QED) is 0.830. The molecule has 0 aromatic heterocycles. The number of rotatable bonds is 4. The normalized spacial score (nSPS) is 29.3. The Bertz CT molecular complexity index is 434. The molecule has 2 unspecified atom stereocenters. The van der Waals surface area contributed by atoms with Gasteiger partial charge in [0.25, 0.3) is 0 Å². The Balaban J connectivity index is 1.89. The Morgan fingerprint density at radius 3 is 2.47 bits per heavy atom. The average molecular weight is 262 g/mol. The van der Waals surface area contributed by atoms with Crippen LogP contribution in [0.15, 0.2) is 18.2 Å². The highest BCUT2D eigenvalue weighted by molar-refractivity contribution is 5.44. The van der Waals surface area contributed by atoms with Gasteiger partial charge in [0.05, 0.1) is 19.9 Å². The fourth-order valence-corrected chi connectivity index (χ4v) is 3.22. The maximum Gasteiger partial charge on any atom is 0.161 e. The van der Waals surface area contributed by atoms with Gasteiger partial charge in [-0.05, 0) is 31.0 Å². The summed E-state index contributed by atoms with van der Waals surface area (Å²) in [6.07, 6.45) is 1.71. The van der Waals surface area contributed by atoms with E-state index in [1.165, 1.54) is 38.2 Å². The predicted molar refractivity (Wildman–Crippen MR) is 74.7 cm³/mol. The minimum atomic E-state index is 0.429. The van der Waals surface area contributed by atoms with Crippen molar-refractivity contribution in [1.82, 2.24) is 9.80 Å². The number of methoxy groups -OCH3 is 1. The van der Waals surface area contributed by atoms with Crippen LogP contribution in [-0.4, -0.2) is 49.7 Å². The van der Waals surface area contributed by atoms with Crippen molar-refractivity contribution in [3.05, 3.63) is 23.8 Å². The first-order valence-corrected chi connectivity index (χ1v) is 7.12. The van der Waals surface area contributed by atoms with E-state index < -0.39 is 0 Å². The van der Waals surface area contributed by atoms with E-state index in [-0.39, 0.29) is 0 Å². The Labute approximate surface area is 114 Å². The van der Waals surface area contributed by atoms with Crippen molar-refractivity contribution in [3.63, 3.8) is 0 Å². The van der Waals surface area contributed by atoms with Crippen molar-refractivity contribution in [2.24, 2.45) is 0 Å². The van der Waals surface area contributed by atoms with Crippen LogP contribution in [0.4, 0.5) is 0 Å². The van der Waals surface area contributed by atoms with Gasteiger partial charge in [-0.2, -0.15) is 0 Å². The van der Waals surface area contributed by atoms with E-state index in [4.69, 9.17) is 9.47 Å². The molecule has 0 radical (unpaired) electrons. The van der Waals surface area contributed by atoms with E-state index in [9.17, 15) is 0 Å². The maximum atomic E-state index is 5.59. The summed E-state index contributed by atoms with van der Waals surface area (Å²) in [7, 11) is 1.71. The molecule has 0 N–H and O–H groups in total. The summed E-state index contributed by atoms with van der Waals surface area (Å²) in [5, 5.41) is 0. The van der Waals surface area contributed by atoms with Crippen molar-refractivity contribution in [2.45, 2.75) is 19.5 Å². The van der Waals surface area contributed by atoms with Gasteiger partial charge in [0, 0.05) is 26.2 Å². The molecule has 0 spiro atoms. The number of nitrogens with zero attached hydrogens (tertiary/aromatic N) is 2. The minimum Gasteiger partial charge on any atom is -0.493 e. The monoisotopic (exact) mass is 262 g/mol. The molecule has 2 heterocycles. The average Bonchev–Trinajstić information content (AvgIpc) is 2.69. The van der Waals surface area contributed by atoms with Gasteiger partial charge in [-0.25, -0.2) is 0 Å². The summed E-state index contributed by atoms with van der Waals surface area (Å²) in [6, 6.07) is 6.34. The van der Waals surface area contributed by atoms with Crippen molar-refractivity contribution in [3.8, 4) is 11.5 Å². The van der Waals surface area contributed by atoms with Crippen LogP contribution in [0, 0.1) is 0 Å². The highest BCUT2D eigenvalue weighted by atomic mass is 16.5. The van der Waals surface area contributed by atoms with Crippen LogP contribution in [0.25, 0.3) is 0 Å². The SMILES string of the molecule is CCOc1ccc(C2N3CCCN2CC3)cc1OC. The number of hydrogen-bond donors (Lipinski definition) is 0. The van der Waals surface area contributed by atoms with Gasteiger partial charge in [-0.15, -0.1) is 0 Å². The summed E-state index contributed by atoms with van der Waals surface area (Å²) in [4.78, 5) is 5.11. The van der Waals surface area contributed by atoms with E-state index in [0.29, 0.717) is 12.8 Å². The van der Waals surface area contributed by atoms with Crippen molar-refractivity contribution >= 4 is 0 Å². The highest BCUT2D eigenvalue weighted by Crippen LogP contribution is 2.37. The van der Waals surface area contributed by atoms with Crippen LogP contribution in [0.5, 0.6) is 11.5 Å². The Kier molecular flexibility index (Phi) is 3.62. The van der Waals surface area contributed by atoms with Crippen LogP contribution >= 0.6 is 0 Å². The molecule has 0 aliphatic carbocycles. The molecule has 2 atom stereocenters. The van der Waals surface area contributed by atoms with Crippen molar-refractivity contribution in [1.29, 1.82) is 0 Å². The smallest absolute Gasteiger partial charge is 0.161 e. The fraction of sp³-hybridized carbons (Fsp3) is 0.600. The van der Waals surface area contributed by atoms with Crippen molar-refractivity contribution in [2.75, 3.05) is 39.9 Å². The molecule has 1 aromatic carbocycles. The van der Waals surface area contributed by atoms with E-state index >= 15 is 0 Å². The highest BCUT2D eigenvalue weighted by Gasteiger charge is 2.36. The molecular formula is C15H22N2O2. The Morgan fingerprint density at radius 2 is 1.84 bits per heavy atom. The molecule has 4 nitrogen and oxygen atoms in total. The fourth-order valence-electron chi connectivity index (χ4n) is 3.22. The lowest BCUT2D eigenvalue weighted by molar-refractivity contribution is 0.0925. The summed E-state index contributed by atoms with van der Waals surface area (Å²) in [5.41, 5.74) is 1.32. The van der Waals surface area contributed by atoms with Gasteiger partial charge < -0.3 is 9.47 Å². The third-order valence-corrected chi connectivity index (χ3v) is 4.04. The molecule has 2 bridgehead atoms. The second kappa shape index (κ2) is 5.39. The van der Waals surface area contributed by atoms with Gasteiger partial charge in [0.2, 0.25) is 0 Å². The first kappa shape index (κ1) is 12.8. The summed E-state index contributed by atoms with van der Waals surface area (Å²) >= 11 is 0. The lowest BCUT2D eigenvalue weighted by Crippen LogP contribution is -2.37. The summed E-state index contributed by atoms with van der Waals surface area (Å²) in [6.45, 7) is 7.43. The summed E-state index contributed by atoms with van der Waals surface area (Å²) < 4.78 is 11.0. The second-order valence-electron chi connectivity index (χ2n) is 5.14. The minimum absolute atomic E-state index is 0.429. The topological polar surface area (TPSA) is 24.9 Å². The number of benzene rings is 1. The Hall–Kier alpha value is -1.26. The maximum absolute atomic E-state index is 5.59. The van der Waals surface area contributed by atoms with Gasteiger partial charge in [0.1, 0.15) is 0 Å². The second-order valence-corrected chi connectivity index (χ2v) is 5.14. The molecule has 1 aromatic rings. The van der Waals surface area contributed by atoms with E-state index in [1.807, 2.05) is 13.0 Å². The molecule has 2 aliphatic rings. The first-order valence-electron chi connectivity index (χ1n) is 7.12. The van der Waals surface area contributed by atoms with Gasteiger partial charge in [-0.1, -0.05) is 6.07 Å². The Morgan fingerprint density at radius 1 is 1.11 bits per heavy atom. The van der Waals surface area contributed by atoms with Crippen LogP contribution in [0.2, 0.25) is 0 Å². The largest absolute Gasteiger partial charge is 0.493 e. The van der Waals surface area contributed by atoms with Crippen molar-refractivity contribution < 1.29 is 9.47 Å². The molecule has 104 valence electrons. The first-order chi connectivity index (χ1) is 9.33. The number of ether oxygens (including phenoxy) is 2. The lowest BCUT2D eigenvalue weighted by Gasteiger charge is -2.35. The molecule has 2 fully saturated rings. The van der Waals surface area contributed by atoms with Gasteiger partial charge in [-0.3, -0.25) is 9.80 Å². The lowest BCUT2D eigenvalue weighted by atomic mass is 10.1. The molecule has 0 saturated carbocycles. The number of hydrogen-bond acceptors (Lipinski definition) is 4. The van der Waals surface area contributed by atoms with E-state index in [2.05, 4.69) is 21.9 Å². The van der Waals surface area contributed by atoms with Gasteiger partial charge >= 0.3 is 0 Å². The van der Waals surface area contributed by atoms with Crippen LogP contribution < -0.4 is 9.47 Å². The summed E-state index contributed by atoms with van der Waals surface area (Å²) in [5.74, 6) is 1.67. The molecular weight excluding hydrogens is 240 g/mol. The van der Waals surface area contributed by atoms with E-state index in [0.717, 1.165) is 11.5 Å². The zero-order valence-corrected chi connectivity index (χ0v) is 11.8. The molecule has 2 aliphatic heterocycles. The third kappa shape index (κ3) is 2.30. The van der Waals surface area contributed by atoms with Crippen LogP contribution in [-0.2, 0) is 0 Å². The zero-order chi connectivity index (χ0) is 13.2. The molecule has 2 saturated heterocycles. The standard InChI is InChI=1S/C15H22N2O2/c1-3-19-13-6-5-12(11-14(13)18-2)15-16-7-4-8-17(15)10-9-16/h5-6,11,15H,3-4,7-10H2,1-2H3. The molecule has 19 heavy (non-hydrogen) atoms. The van der Waals surface area contributed by atoms with E-state index in [1.54, 1.807) is 7.11 Å². The third-order valence-electron chi connectivity index (χ3n) is 4.04. The van der Waals surface area contributed by atoms with Crippen LogP contribution in [0.3, 0.4) is 0 Å². The zero-order valence-electron chi connectivity index (χ0n) is 11.8. The number of fused-ring (bicyclic) bond motifs is 2.